The minimum absolute atomic E-state index is 0.123. The van der Waals surface area contributed by atoms with Crippen molar-refractivity contribution in [2.75, 3.05) is 10.6 Å². The van der Waals surface area contributed by atoms with Crippen LogP contribution in [0, 0.1) is 0 Å². The standard InChI is InChI=1S/C21H31BN2O5.C16H23BN2O3/c1-19(2,3)27-18(26)24-16-10-8-13-12-14(9-11-15(13)23-17(16)25)22-28-20(4,5)21(6,7)29-22;1-15(2)16(3,4)22-17(21-15)11-6-8-13-10(9-11)5-7-12(18)14(20)19-13/h9,11-12,16H,8,10H2,1-7H3,(H,23,25)(H,24,26);6,8-9,12H,5,7,18H2,1-4H3,(H,19,20)/t16-;12-/m00/s1. The second kappa shape index (κ2) is 13.9. The van der Waals surface area contributed by atoms with Crippen molar-refractivity contribution < 1.29 is 37.7 Å². The summed E-state index contributed by atoms with van der Waals surface area (Å²) in [6, 6.07) is 10.6. The van der Waals surface area contributed by atoms with Gasteiger partial charge in [0.25, 0.3) is 0 Å². The summed E-state index contributed by atoms with van der Waals surface area (Å²) < 4.78 is 29.7. The van der Waals surface area contributed by atoms with Crippen molar-refractivity contribution in [2.24, 2.45) is 5.73 Å². The van der Waals surface area contributed by atoms with E-state index in [1.54, 1.807) is 20.8 Å². The Balaban J connectivity index is 0.000000205. The van der Waals surface area contributed by atoms with Gasteiger partial charge in [-0.3, -0.25) is 9.59 Å². The Morgan fingerprint density at radius 1 is 0.745 bits per heavy atom. The van der Waals surface area contributed by atoms with E-state index >= 15 is 0 Å². The number of hydrogen-bond acceptors (Lipinski definition) is 9. The molecule has 0 unspecified atom stereocenters. The van der Waals surface area contributed by atoms with Gasteiger partial charge in [0.15, 0.2) is 0 Å². The minimum Gasteiger partial charge on any atom is -0.444 e. The number of rotatable bonds is 3. The molecule has 276 valence electrons. The van der Waals surface area contributed by atoms with E-state index in [9.17, 15) is 14.4 Å². The van der Waals surface area contributed by atoms with Crippen LogP contribution in [0.3, 0.4) is 0 Å². The fourth-order valence-corrected chi connectivity index (χ4v) is 6.04. The van der Waals surface area contributed by atoms with Crippen LogP contribution < -0.4 is 32.6 Å². The highest BCUT2D eigenvalue weighted by Gasteiger charge is 2.53. The SMILES string of the molecule is CC(C)(C)OC(=O)N[C@H]1CCc2cc(B3OC(C)(C)C(C)(C)O3)ccc2NC1=O.CC1(C)OB(c2ccc3c(c2)CC[C@H](N)C(=O)N3)OC1(C)C. The molecule has 5 N–H and O–H groups in total. The molecule has 2 atom stereocenters. The molecular formula is C37H54B2N4O8. The molecule has 2 saturated heterocycles. The Hall–Kier alpha value is -3.42. The number of carbonyl (C=O) groups is 3. The highest BCUT2D eigenvalue weighted by atomic mass is 16.7. The van der Waals surface area contributed by atoms with Crippen LogP contribution in [0.4, 0.5) is 16.2 Å². The van der Waals surface area contributed by atoms with E-state index in [-0.39, 0.29) is 30.1 Å². The van der Waals surface area contributed by atoms with Gasteiger partial charge in [-0.25, -0.2) is 4.79 Å². The van der Waals surface area contributed by atoms with Crippen molar-refractivity contribution >= 4 is 54.4 Å². The molecule has 4 aliphatic rings. The fourth-order valence-electron chi connectivity index (χ4n) is 6.04. The van der Waals surface area contributed by atoms with E-state index in [0.29, 0.717) is 19.3 Å². The summed E-state index contributed by atoms with van der Waals surface area (Å²) >= 11 is 0. The lowest BCUT2D eigenvalue weighted by molar-refractivity contribution is -0.118. The molecule has 14 heteroatoms. The molecule has 2 aromatic rings. The number of ether oxygens (including phenoxy) is 1. The number of aryl methyl sites for hydroxylation is 2. The zero-order valence-electron chi connectivity index (χ0n) is 31.9. The van der Waals surface area contributed by atoms with Crippen LogP contribution in [0.5, 0.6) is 0 Å². The van der Waals surface area contributed by atoms with Crippen molar-refractivity contribution in [1.29, 1.82) is 0 Å². The second-order valence-corrected chi connectivity index (χ2v) is 16.9. The molecule has 51 heavy (non-hydrogen) atoms. The molecule has 4 heterocycles. The van der Waals surface area contributed by atoms with E-state index in [4.69, 9.17) is 29.1 Å². The molecule has 0 aromatic heterocycles. The normalized spacial score (nSPS) is 24.5. The van der Waals surface area contributed by atoms with Gasteiger partial charge in [-0.2, -0.15) is 0 Å². The predicted octanol–water partition coefficient (Wildman–Crippen LogP) is 3.96. The highest BCUT2D eigenvalue weighted by molar-refractivity contribution is 6.62. The monoisotopic (exact) mass is 704 g/mol. The molecule has 2 aromatic carbocycles. The number of alkyl carbamates (subject to hydrolysis) is 1. The summed E-state index contributed by atoms with van der Waals surface area (Å²) in [7, 11) is -0.845. The van der Waals surface area contributed by atoms with Gasteiger partial charge in [0.1, 0.15) is 11.6 Å². The Morgan fingerprint density at radius 2 is 1.16 bits per heavy atom. The Kier molecular flexibility index (Phi) is 10.5. The zero-order valence-corrected chi connectivity index (χ0v) is 31.9. The van der Waals surface area contributed by atoms with Gasteiger partial charge in [-0.1, -0.05) is 24.3 Å². The first kappa shape index (κ1) is 38.8. The third-order valence-corrected chi connectivity index (χ3v) is 10.6. The van der Waals surface area contributed by atoms with Crippen molar-refractivity contribution in [2.45, 2.75) is 142 Å². The van der Waals surface area contributed by atoms with Gasteiger partial charge in [-0.15, -0.1) is 0 Å². The van der Waals surface area contributed by atoms with Gasteiger partial charge in [0.05, 0.1) is 28.4 Å². The van der Waals surface area contributed by atoms with E-state index < -0.39 is 42.1 Å². The zero-order chi connectivity index (χ0) is 37.7. The van der Waals surface area contributed by atoms with Gasteiger partial charge in [-0.05, 0) is 136 Å². The molecule has 0 radical (unpaired) electrons. The molecule has 0 spiro atoms. The molecule has 6 rings (SSSR count). The molecule has 2 fully saturated rings. The van der Waals surface area contributed by atoms with Gasteiger partial charge >= 0.3 is 20.3 Å². The van der Waals surface area contributed by atoms with Crippen LogP contribution in [0.2, 0.25) is 0 Å². The van der Waals surface area contributed by atoms with Crippen molar-refractivity contribution in [3.63, 3.8) is 0 Å². The first-order chi connectivity index (χ1) is 23.5. The maximum absolute atomic E-state index is 12.6. The average molecular weight is 704 g/mol. The number of anilines is 2. The Bertz CT molecular complexity index is 1640. The summed E-state index contributed by atoms with van der Waals surface area (Å²) in [5.74, 6) is -0.375. The number of nitrogens with one attached hydrogen (secondary N) is 3. The first-order valence-electron chi connectivity index (χ1n) is 17.8. The van der Waals surface area contributed by atoms with E-state index in [0.717, 1.165) is 39.8 Å². The lowest BCUT2D eigenvalue weighted by Gasteiger charge is -2.32. The number of carbonyl (C=O) groups excluding carboxylic acids is 3. The van der Waals surface area contributed by atoms with Crippen LogP contribution >= 0.6 is 0 Å². The molecule has 0 saturated carbocycles. The molecule has 0 bridgehead atoms. The third kappa shape index (κ3) is 8.63. The third-order valence-electron chi connectivity index (χ3n) is 10.6. The van der Waals surface area contributed by atoms with Crippen molar-refractivity contribution in [1.82, 2.24) is 5.32 Å². The number of benzene rings is 2. The minimum atomic E-state index is -0.655. The van der Waals surface area contributed by atoms with E-state index in [2.05, 4.69) is 22.0 Å². The number of fused-ring (bicyclic) bond motifs is 2. The van der Waals surface area contributed by atoms with Crippen molar-refractivity contribution in [3.05, 3.63) is 47.5 Å². The van der Waals surface area contributed by atoms with Crippen LogP contribution in [-0.2, 0) is 45.8 Å². The highest BCUT2D eigenvalue weighted by Crippen LogP contribution is 2.38. The average Bonchev–Trinajstić information content (AvgIpc) is 3.20. The Morgan fingerprint density at radius 3 is 1.59 bits per heavy atom. The smallest absolute Gasteiger partial charge is 0.444 e. The second-order valence-electron chi connectivity index (χ2n) is 16.9. The van der Waals surface area contributed by atoms with Crippen LogP contribution in [0.1, 0.15) is 100 Å². The summed E-state index contributed by atoms with van der Waals surface area (Å²) in [6.07, 6.45) is 1.92. The van der Waals surface area contributed by atoms with Crippen LogP contribution in [-0.4, -0.2) is 72.2 Å². The predicted molar refractivity (Wildman–Crippen MR) is 199 cm³/mol. The summed E-state index contributed by atoms with van der Waals surface area (Å²) in [5, 5.41) is 8.45. The van der Waals surface area contributed by atoms with E-state index in [1.165, 1.54) is 0 Å². The van der Waals surface area contributed by atoms with Crippen LogP contribution in [0.25, 0.3) is 0 Å². The lowest BCUT2D eigenvalue weighted by atomic mass is 9.78. The number of amides is 3. The fraction of sp³-hybridized carbons (Fsp3) is 0.595. The molecule has 4 aliphatic heterocycles. The quantitative estimate of drug-likeness (QED) is 0.347. The first-order valence-corrected chi connectivity index (χ1v) is 17.8. The maximum atomic E-state index is 12.6. The van der Waals surface area contributed by atoms with Crippen molar-refractivity contribution in [3.8, 4) is 0 Å². The maximum Gasteiger partial charge on any atom is 0.494 e. The van der Waals surface area contributed by atoms with Crippen LogP contribution in [0.15, 0.2) is 36.4 Å². The Labute approximate surface area is 302 Å². The van der Waals surface area contributed by atoms with E-state index in [1.807, 2.05) is 85.7 Å². The summed E-state index contributed by atoms with van der Waals surface area (Å²) in [6.45, 7) is 21.6. The topological polar surface area (TPSA) is 159 Å². The number of nitrogens with two attached hydrogens (primary N) is 1. The lowest BCUT2D eigenvalue weighted by Crippen LogP contribution is -2.45. The number of hydrogen-bond donors (Lipinski definition) is 4. The molecule has 3 amide bonds. The van der Waals surface area contributed by atoms with Gasteiger partial charge < -0.3 is 45.0 Å². The largest absolute Gasteiger partial charge is 0.494 e. The summed E-state index contributed by atoms with van der Waals surface area (Å²) in [4.78, 5) is 36.4. The van der Waals surface area contributed by atoms with Gasteiger partial charge in [0.2, 0.25) is 11.8 Å². The summed E-state index contributed by atoms with van der Waals surface area (Å²) in [5.41, 5.74) is 9.18. The van der Waals surface area contributed by atoms with Gasteiger partial charge in [0, 0.05) is 11.4 Å². The molecular weight excluding hydrogens is 650 g/mol. The molecule has 0 aliphatic carbocycles. The molecule has 12 nitrogen and oxygen atoms in total.